The molecule has 0 unspecified atom stereocenters. The van der Waals surface area contributed by atoms with Crippen LogP contribution < -0.4 is 4.90 Å². The lowest BCUT2D eigenvalue weighted by molar-refractivity contribution is 0.0993. The molecule has 130 valence electrons. The number of hydrogen-bond donors (Lipinski definition) is 1. The molecule has 0 fully saturated rings. The number of thiophene rings is 1. The number of aromatic amines is 1. The Balaban J connectivity index is 1.55. The molecule has 0 bridgehead atoms. The van der Waals surface area contributed by atoms with E-state index in [0.29, 0.717) is 6.42 Å². The van der Waals surface area contributed by atoms with E-state index < -0.39 is 0 Å². The smallest absolute Gasteiger partial charge is 0.168 e. The van der Waals surface area contributed by atoms with E-state index in [-0.39, 0.29) is 5.78 Å². The van der Waals surface area contributed by atoms with Gasteiger partial charge in [-0.2, -0.15) is 5.10 Å². The zero-order valence-corrected chi connectivity index (χ0v) is 15.5. The Kier molecular flexibility index (Phi) is 4.31. The van der Waals surface area contributed by atoms with Gasteiger partial charge in [0.2, 0.25) is 0 Å². The van der Waals surface area contributed by atoms with Crippen LogP contribution in [0.3, 0.4) is 0 Å². The summed E-state index contributed by atoms with van der Waals surface area (Å²) in [7, 11) is 4.01. The second kappa shape index (κ2) is 6.77. The van der Waals surface area contributed by atoms with Gasteiger partial charge < -0.3 is 4.90 Å². The van der Waals surface area contributed by atoms with Crippen molar-refractivity contribution in [1.29, 1.82) is 0 Å². The fraction of sp³-hybridized carbons (Fsp3) is 0.143. The summed E-state index contributed by atoms with van der Waals surface area (Å²) < 4.78 is 0. The molecule has 1 N–H and O–H groups in total. The zero-order chi connectivity index (χ0) is 18.1. The van der Waals surface area contributed by atoms with Gasteiger partial charge in [-0.05, 0) is 29.8 Å². The number of carbonyl (C=O) groups excluding carboxylic acids is 1. The lowest BCUT2D eigenvalue weighted by Gasteiger charge is -2.12. The van der Waals surface area contributed by atoms with Crippen LogP contribution in [0.15, 0.2) is 60.0 Å². The van der Waals surface area contributed by atoms with Crippen molar-refractivity contribution in [2.24, 2.45) is 0 Å². The maximum atomic E-state index is 12.6. The number of nitrogens with zero attached hydrogens (tertiary/aromatic N) is 2. The highest BCUT2D eigenvalue weighted by Gasteiger charge is 2.14. The van der Waals surface area contributed by atoms with E-state index in [1.165, 1.54) is 0 Å². The average molecular weight is 361 g/mol. The number of benzene rings is 2. The average Bonchev–Trinajstić information content (AvgIpc) is 3.29. The van der Waals surface area contributed by atoms with Crippen LogP contribution >= 0.6 is 11.3 Å². The van der Waals surface area contributed by atoms with Crippen molar-refractivity contribution < 1.29 is 4.79 Å². The Bertz CT molecular complexity index is 1060. The third-order valence-corrected chi connectivity index (χ3v) is 5.38. The fourth-order valence-electron chi connectivity index (χ4n) is 2.96. The summed E-state index contributed by atoms with van der Waals surface area (Å²) in [6, 6.07) is 18.1. The predicted molar refractivity (Wildman–Crippen MR) is 108 cm³/mol. The van der Waals surface area contributed by atoms with Crippen molar-refractivity contribution in [3.63, 3.8) is 0 Å². The van der Waals surface area contributed by atoms with E-state index in [1.807, 2.05) is 79.0 Å². The zero-order valence-electron chi connectivity index (χ0n) is 14.7. The van der Waals surface area contributed by atoms with Crippen LogP contribution in [0.25, 0.3) is 21.5 Å². The maximum Gasteiger partial charge on any atom is 0.168 e. The summed E-state index contributed by atoms with van der Waals surface area (Å²) in [5, 5.41) is 10.5. The third-order valence-electron chi connectivity index (χ3n) is 4.44. The number of H-pyrrole nitrogens is 1. The molecular weight excluding hydrogens is 342 g/mol. The highest BCUT2D eigenvalue weighted by molar-refractivity contribution is 7.14. The molecule has 4 aromatic rings. The number of para-hydroxylation sites is 1. The third kappa shape index (κ3) is 3.13. The largest absolute Gasteiger partial charge is 0.378 e. The summed E-state index contributed by atoms with van der Waals surface area (Å²) in [5.74, 6) is 0.130. The molecule has 2 heterocycles. The summed E-state index contributed by atoms with van der Waals surface area (Å²) in [6.07, 6.45) is 0.408. The normalized spacial score (nSPS) is 11.0. The Morgan fingerprint density at radius 1 is 1.12 bits per heavy atom. The summed E-state index contributed by atoms with van der Waals surface area (Å²) in [5.41, 5.74) is 4.81. The molecule has 4 rings (SSSR count). The van der Waals surface area contributed by atoms with Gasteiger partial charge in [0.1, 0.15) is 5.69 Å². The molecule has 0 aliphatic carbocycles. The molecule has 0 amide bonds. The monoisotopic (exact) mass is 361 g/mol. The Morgan fingerprint density at radius 2 is 1.88 bits per heavy atom. The Hall–Kier alpha value is -2.92. The van der Waals surface area contributed by atoms with Crippen LogP contribution in [0.1, 0.15) is 15.9 Å². The lowest BCUT2D eigenvalue weighted by atomic mass is 10.0. The first-order valence-corrected chi connectivity index (χ1v) is 9.31. The van der Waals surface area contributed by atoms with Gasteiger partial charge in [0.05, 0.1) is 10.4 Å². The highest BCUT2D eigenvalue weighted by Crippen LogP contribution is 2.31. The molecule has 0 atom stereocenters. The van der Waals surface area contributed by atoms with Crippen molar-refractivity contribution in [2.45, 2.75) is 6.42 Å². The first-order valence-electron chi connectivity index (χ1n) is 8.43. The van der Waals surface area contributed by atoms with Crippen LogP contribution in [-0.2, 0) is 6.42 Å². The van der Waals surface area contributed by atoms with Crippen LogP contribution in [0, 0.1) is 0 Å². The van der Waals surface area contributed by atoms with Gasteiger partial charge in [-0.25, -0.2) is 0 Å². The number of fused-ring (bicyclic) bond motifs is 1. The maximum absolute atomic E-state index is 12.6. The quantitative estimate of drug-likeness (QED) is 0.520. The van der Waals surface area contributed by atoms with Crippen molar-refractivity contribution in [1.82, 2.24) is 10.2 Å². The van der Waals surface area contributed by atoms with Gasteiger partial charge in [0, 0.05) is 42.5 Å². The number of ketones is 1. The van der Waals surface area contributed by atoms with Gasteiger partial charge in [0.15, 0.2) is 5.78 Å². The van der Waals surface area contributed by atoms with Gasteiger partial charge in [-0.15, -0.1) is 11.3 Å². The van der Waals surface area contributed by atoms with Gasteiger partial charge in [-0.3, -0.25) is 9.89 Å². The van der Waals surface area contributed by atoms with Gasteiger partial charge in [-0.1, -0.05) is 30.3 Å². The van der Waals surface area contributed by atoms with E-state index in [9.17, 15) is 4.79 Å². The molecule has 0 aliphatic rings. The molecule has 5 heteroatoms. The van der Waals surface area contributed by atoms with E-state index >= 15 is 0 Å². The summed E-state index contributed by atoms with van der Waals surface area (Å²) in [6.45, 7) is 0. The highest BCUT2D eigenvalue weighted by atomic mass is 32.1. The molecule has 0 radical (unpaired) electrons. The van der Waals surface area contributed by atoms with E-state index in [0.717, 1.165) is 38.3 Å². The lowest BCUT2D eigenvalue weighted by Crippen LogP contribution is -2.08. The molecule has 26 heavy (non-hydrogen) atoms. The van der Waals surface area contributed by atoms with Gasteiger partial charge in [0.25, 0.3) is 0 Å². The molecule has 0 aliphatic heterocycles. The Morgan fingerprint density at radius 3 is 2.65 bits per heavy atom. The number of hydrogen-bond acceptors (Lipinski definition) is 4. The van der Waals surface area contributed by atoms with E-state index in [1.54, 1.807) is 11.3 Å². The van der Waals surface area contributed by atoms with E-state index in [4.69, 9.17) is 0 Å². The van der Waals surface area contributed by atoms with E-state index in [2.05, 4.69) is 10.2 Å². The molecule has 2 aromatic heterocycles. The second-order valence-electron chi connectivity index (χ2n) is 6.48. The van der Waals surface area contributed by atoms with Crippen molar-refractivity contribution >= 4 is 33.7 Å². The minimum Gasteiger partial charge on any atom is -0.378 e. The van der Waals surface area contributed by atoms with Crippen LogP contribution in [0.4, 0.5) is 5.69 Å². The van der Waals surface area contributed by atoms with Crippen LogP contribution in [-0.4, -0.2) is 30.1 Å². The molecule has 0 spiro atoms. The molecule has 4 nitrogen and oxygen atoms in total. The van der Waals surface area contributed by atoms with Crippen LogP contribution in [0.5, 0.6) is 0 Å². The predicted octanol–water partition coefficient (Wildman–Crippen LogP) is 4.78. The summed E-state index contributed by atoms with van der Waals surface area (Å²) in [4.78, 5) is 15.7. The standard InChI is InChI=1S/C21H19N3OS/c1-24(2)16-9-7-14(8-10-16)11-19(25)15-12-20(26-13-15)21-17-5-3-4-6-18(17)22-23-21/h3-10,12-13H,11H2,1-2H3,(H,22,23). The van der Waals surface area contributed by atoms with Crippen molar-refractivity contribution in [3.8, 4) is 10.6 Å². The minimum atomic E-state index is 0.130. The Labute approximate surface area is 156 Å². The number of carbonyl (C=O) groups is 1. The van der Waals surface area contributed by atoms with Crippen LogP contribution in [0.2, 0.25) is 0 Å². The van der Waals surface area contributed by atoms with Crippen molar-refractivity contribution in [2.75, 3.05) is 19.0 Å². The van der Waals surface area contributed by atoms with Crippen molar-refractivity contribution in [3.05, 3.63) is 71.1 Å². The molecule has 0 saturated carbocycles. The first-order chi connectivity index (χ1) is 12.6. The summed E-state index contributed by atoms with van der Waals surface area (Å²) >= 11 is 1.56. The van der Waals surface area contributed by atoms with Gasteiger partial charge >= 0.3 is 0 Å². The molecule has 0 saturated heterocycles. The second-order valence-corrected chi connectivity index (χ2v) is 7.39. The topological polar surface area (TPSA) is 49.0 Å². The number of aromatic nitrogens is 2. The first kappa shape index (κ1) is 16.5. The molecular formula is C21H19N3OS. The number of rotatable bonds is 5. The molecule has 2 aromatic carbocycles. The number of anilines is 1. The minimum absolute atomic E-state index is 0.130. The fourth-order valence-corrected chi connectivity index (χ4v) is 3.87. The SMILES string of the molecule is CN(C)c1ccc(CC(=O)c2csc(-c3n[nH]c4ccccc34)c2)cc1. The number of nitrogens with one attached hydrogen (secondary N) is 1. The number of Topliss-reactive ketones (excluding diaryl/α,β-unsaturated/α-hetero) is 1.